The molecule has 0 atom stereocenters. The van der Waals surface area contributed by atoms with Crippen LogP contribution in [0.5, 0.6) is 0 Å². The summed E-state index contributed by atoms with van der Waals surface area (Å²) in [5.41, 5.74) is 2.14. The van der Waals surface area contributed by atoms with Gasteiger partial charge in [-0.1, -0.05) is 30.3 Å². The maximum absolute atomic E-state index is 13.8. The summed E-state index contributed by atoms with van der Waals surface area (Å²) in [7, 11) is -2.38. The fourth-order valence-electron chi connectivity index (χ4n) is 3.72. The van der Waals surface area contributed by atoms with Crippen LogP contribution in [0.2, 0.25) is 0 Å². The molecule has 0 amide bonds. The van der Waals surface area contributed by atoms with Crippen LogP contribution in [0.3, 0.4) is 0 Å². The molecule has 31 heavy (non-hydrogen) atoms. The van der Waals surface area contributed by atoms with E-state index in [1.807, 2.05) is 30.3 Å². The molecule has 1 aliphatic rings. The zero-order valence-electron chi connectivity index (χ0n) is 17.2. The molecule has 1 aliphatic carbocycles. The number of halogens is 3. The molecule has 0 aliphatic heterocycles. The zero-order valence-corrected chi connectivity index (χ0v) is 18.1. The molecule has 160 valence electrons. The number of allylic oxidation sites excluding steroid dienone is 1. The standard InChI is InChI=1S/C24H22F3N2OP/c1-31(2,30)18-12-10-17(11-13-18)28-22-15-14-21(24(25,26)27)23(29-22)20-9-5-7-16-6-3-4-8-19(16)20/h3-4,6,8-15H,5,7H2,1-2H3,(H,28,29). The van der Waals surface area contributed by atoms with E-state index in [1.165, 1.54) is 6.07 Å². The molecule has 4 rings (SSSR count). The number of anilines is 2. The van der Waals surface area contributed by atoms with Crippen LogP contribution in [0.4, 0.5) is 24.7 Å². The summed E-state index contributed by atoms with van der Waals surface area (Å²) in [5, 5.41) is 3.81. The molecule has 0 bridgehead atoms. The fourth-order valence-corrected chi connectivity index (χ4v) is 4.59. The molecule has 0 saturated heterocycles. The molecule has 7 heteroatoms. The van der Waals surface area contributed by atoms with Crippen LogP contribution in [0.25, 0.3) is 5.57 Å². The summed E-state index contributed by atoms with van der Waals surface area (Å²) in [6.07, 6.45) is -1.22. The monoisotopic (exact) mass is 442 g/mol. The highest BCUT2D eigenvalue weighted by Gasteiger charge is 2.36. The first-order valence-electron chi connectivity index (χ1n) is 9.92. The molecule has 0 saturated carbocycles. The van der Waals surface area contributed by atoms with Gasteiger partial charge in [-0.15, -0.1) is 0 Å². The third kappa shape index (κ3) is 4.59. The molecular formula is C24H22F3N2OP. The predicted octanol–water partition coefficient (Wildman–Crippen LogP) is 6.47. The molecular weight excluding hydrogens is 420 g/mol. The van der Waals surface area contributed by atoms with Crippen molar-refractivity contribution in [2.24, 2.45) is 0 Å². The molecule has 0 fully saturated rings. The largest absolute Gasteiger partial charge is 0.418 e. The van der Waals surface area contributed by atoms with Crippen LogP contribution < -0.4 is 10.6 Å². The molecule has 2 aromatic carbocycles. The van der Waals surface area contributed by atoms with Gasteiger partial charge in [0.2, 0.25) is 0 Å². The van der Waals surface area contributed by atoms with Gasteiger partial charge >= 0.3 is 6.18 Å². The van der Waals surface area contributed by atoms with Gasteiger partial charge < -0.3 is 9.88 Å². The van der Waals surface area contributed by atoms with Crippen molar-refractivity contribution in [3.05, 3.63) is 89.1 Å². The van der Waals surface area contributed by atoms with Crippen LogP contribution in [0.1, 0.15) is 28.8 Å². The molecule has 0 radical (unpaired) electrons. The van der Waals surface area contributed by atoms with Crippen molar-refractivity contribution in [2.45, 2.75) is 19.0 Å². The normalized spacial score (nSPS) is 14.0. The van der Waals surface area contributed by atoms with Crippen molar-refractivity contribution in [1.82, 2.24) is 4.98 Å². The fraction of sp³-hybridized carbons (Fsp3) is 0.208. The first-order valence-corrected chi connectivity index (χ1v) is 12.5. The molecule has 3 nitrogen and oxygen atoms in total. The second kappa shape index (κ2) is 8.01. The van der Waals surface area contributed by atoms with E-state index < -0.39 is 18.9 Å². The van der Waals surface area contributed by atoms with Gasteiger partial charge in [0, 0.05) is 16.6 Å². The zero-order chi connectivity index (χ0) is 22.2. The van der Waals surface area contributed by atoms with Gasteiger partial charge in [-0.2, -0.15) is 13.2 Å². The Hall–Kier alpha value is -2.85. The Balaban J connectivity index is 1.74. The average molecular weight is 442 g/mol. The maximum atomic E-state index is 13.8. The predicted molar refractivity (Wildman–Crippen MR) is 120 cm³/mol. The number of benzene rings is 2. The van der Waals surface area contributed by atoms with E-state index in [4.69, 9.17) is 0 Å². The summed E-state index contributed by atoms with van der Waals surface area (Å²) in [6.45, 7) is 3.38. The van der Waals surface area contributed by atoms with Gasteiger partial charge in [0.15, 0.2) is 0 Å². The van der Waals surface area contributed by atoms with E-state index in [9.17, 15) is 17.7 Å². The van der Waals surface area contributed by atoms with Gasteiger partial charge in [-0.25, -0.2) is 4.98 Å². The number of aromatic nitrogens is 1. The smallest absolute Gasteiger partial charge is 0.340 e. The minimum absolute atomic E-state index is 0.0760. The van der Waals surface area contributed by atoms with E-state index in [2.05, 4.69) is 10.3 Å². The number of alkyl halides is 3. The Morgan fingerprint density at radius 2 is 1.68 bits per heavy atom. The Morgan fingerprint density at radius 1 is 0.968 bits per heavy atom. The third-order valence-electron chi connectivity index (χ3n) is 5.29. The second-order valence-electron chi connectivity index (χ2n) is 7.93. The molecule has 0 unspecified atom stereocenters. The molecule has 0 spiro atoms. The van der Waals surface area contributed by atoms with Crippen molar-refractivity contribution >= 4 is 29.5 Å². The minimum Gasteiger partial charge on any atom is -0.340 e. The molecule has 3 aromatic rings. The summed E-state index contributed by atoms with van der Waals surface area (Å²) >= 11 is 0. The van der Waals surface area contributed by atoms with Crippen molar-refractivity contribution < 1.29 is 17.7 Å². The molecule has 1 N–H and O–H groups in total. The van der Waals surface area contributed by atoms with Crippen LogP contribution in [-0.2, 0) is 17.2 Å². The lowest BCUT2D eigenvalue weighted by molar-refractivity contribution is -0.138. The first kappa shape index (κ1) is 21.4. The van der Waals surface area contributed by atoms with Crippen LogP contribution in [-0.4, -0.2) is 18.3 Å². The average Bonchev–Trinajstić information content (AvgIpc) is 2.72. The Morgan fingerprint density at radius 3 is 2.35 bits per heavy atom. The Bertz CT molecular complexity index is 1190. The molecule has 1 aromatic heterocycles. The van der Waals surface area contributed by atoms with Crippen LogP contribution in [0.15, 0.2) is 66.7 Å². The lowest BCUT2D eigenvalue weighted by Gasteiger charge is -2.21. The number of pyridine rings is 1. The van der Waals surface area contributed by atoms with Crippen molar-refractivity contribution in [3.63, 3.8) is 0 Å². The maximum Gasteiger partial charge on any atom is 0.418 e. The highest BCUT2D eigenvalue weighted by molar-refractivity contribution is 7.70. The van der Waals surface area contributed by atoms with E-state index in [0.29, 0.717) is 23.5 Å². The van der Waals surface area contributed by atoms with Gasteiger partial charge in [0.05, 0.1) is 11.3 Å². The van der Waals surface area contributed by atoms with Gasteiger partial charge in [0.1, 0.15) is 13.0 Å². The van der Waals surface area contributed by atoms with Gasteiger partial charge in [0.25, 0.3) is 0 Å². The number of rotatable bonds is 4. The Labute approximate surface area is 179 Å². The van der Waals surface area contributed by atoms with Crippen molar-refractivity contribution in [3.8, 4) is 0 Å². The SMILES string of the molecule is CP(C)(=O)c1ccc(Nc2ccc(C(F)(F)F)c(C3=CCCc4ccccc43)n2)cc1. The molecule has 1 heterocycles. The minimum atomic E-state index is -4.51. The van der Waals surface area contributed by atoms with Crippen LogP contribution >= 0.6 is 7.14 Å². The lowest BCUT2D eigenvalue weighted by atomic mass is 9.87. The quantitative estimate of drug-likeness (QED) is 0.471. The number of fused-ring (bicyclic) bond motifs is 1. The summed E-state index contributed by atoms with van der Waals surface area (Å²) in [6, 6.07) is 16.9. The Kier molecular flexibility index (Phi) is 5.52. The van der Waals surface area contributed by atoms with E-state index in [0.717, 1.165) is 28.9 Å². The number of hydrogen-bond donors (Lipinski definition) is 1. The second-order valence-corrected chi connectivity index (χ2v) is 11.1. The third-order valence-corrected chi connectivity index (χ3v) is 6.83. The van der Waals surface area contributed by atoms with Crippen molar-refractivity contribution in [2.75, 3.05) is 18.6 Å². The van der Waals surface area contributed by atoms with Crippen molar-refractivity contribution in [1.29, 1.82) is 0 Å². The number of nitrogens with zero attached hydrogens (tertiary/aromatic N) is 1. The van der Waals surface area contributed by atoms with E-state index in [1.54, 1.807) is 37.6 Å². The number of nitrogens with one attached hydrogen (secondary N) is 1. The summed E-state index contributed by atoms with van der Waals surface area (Å²) in [4.78, 5) is 4.37. The van der Waals surface area contributed by atoms with E-state index in [-0.39, 0.29) is 5.69 Å². The highest BCUT2D eigenvalue weighted by Crippen LogP contribution is 2.40. The highest BCUT2D eigenvalue weighted by atomic mass is 31.2. The summed E-state index contributed by atoms with van der Waals surface area (Å²) in [5.74, 6) is 0.316. The lowest BCUT2D eigenvalue weighted by Crippen LogP contribution is -2.13. The van der Waals surface area contributed by atoms with Gasteiger partial charge in [-0.3, -0.25) is 0 Å². The van der Waals surface area contributed by atoms with Gasteiger partial charge in [-0.05, 0) is 73.7 Å². The first-order chi connectivity index (χ1) is 14.6. The number of hydrogen-bond acceptors (Lipinski definition) is 3. The summed E-state index contributed by atoms with van der Waals surface area (Å²) < 4.78 is 53.5. The van der Waals surface area contributed by atoms with E-state index >= 15 is 0 Å². The van der Waals surface area contributed by atoms with Crippen LogP contribution in [0, 0.1) is 0 Å². The number of aryl methyl sites for hydroxylation is 1. The topological polar surface area (TPSA) is 42.0 Å².